The van der Waals surface area contributed by atoms with Gasteiger partial charge in [-0.2, -0.15) is 0 Å². The number of H-pyrrole nitrogens is 1. The molecule has 12 heteroatoms. The molecule has 0 aliphatic carbocycles. The first-order chi connectivity index (χ1) is 22.7. The Morgan fingerprint density at radius 1 is 0.688 bits per heavy atom. The average Bonchev–Trinajstić information content (AvgIpc) is 3.66. The summed E-state index contributed by atoms with van der Waals surface area (Å²) in [5.41, 5.74) is 8.99. The van der Waals surface area contributed by atoms with Gasteiger partial charge in [0.05, 0.1) is 28.9 Å². The van der Waals surface area contributed by atoms with E-state index in [4.69, 9.17) is 9.98 Å². The van der Waals surface area contributed by atoms with E-state index in [1.54, 1.807) is 0 Å². The van der Waals surface area contributed by atoms with Gasteiger partial charge in [0.25, 0.3) is 0 Å². The molecular weight excluding hydrogens is 616 g/mol. The van der Waals surface area contributed by atoms with Crippen LogP contribution in [0.4, 0.5) is 0 Å². The number of aromatic amines is 1. The molecule has 5 heterocycles. The zero-order chi connectivity index (χ0) is 34.9. The first-order valence-electron chi connectivity index (χ1n) is 16.0. The number of aromatic nitrogens is 1. The molecule has 0 amide bonds. The van der Waals surface area contributed by atoms with Gasteiger partial charge < -0.3 is 30.7 Å². The summed E-state index contributed by atoms with van der Waals surface area (Å²) in [7, 11) is 0. The summed E-state index contributed by atoms with van der Waals surface area (Å²) in [6.45, 7) is 7.73. The van der Waals surface area contributed by atoms with Gasteiger partial charge in [0, 0.05) is 48.0 Å². The van der Waals surface area contributed by atoms with Crippen LogP contribution < -0.4 is 16.0 Å². The van der Waals surface area contributed by atoms with Crippen molar-refractivity contribution in [1.82, 2.24) is 10.3 Å². The zero-order valence-corrected chi connectivity index (χ0v) is 27.4. The highest BCUT2D eigenvalue weighted by molar-refractivity contribution is 6.24. The lowest BCUT2D eigenvalue weighted by Crippen LogP contribution is -2.25. The molecule has 6 N–H and O–H groups in total. The van der Waals surface area contributed by atoms with Crippen LogP contribution in [-0.4, -0.2) is 66.8 Å². The van der Waals surface area contributed by atoms with Crippen molar-refractivity contribution in [3.63, 3.8) is 0 Å². The molecule has 1 aromatic heterocycles. The van der Waals surface area contributed by atoms with Crippen molar-refractivity contribution in [2.24, 2.45) is 15.9 Å². The minimum absolute atomic E-state index is 0.0494. The van der Waals surface area contributed by atoms with Crippen molar-refractivity contribution < 1.29 is 39.6 Å². The summed E-state index contributed by atoms with van der Waals surface area (Å²) in [6, 6.07) is -0.250. The maximum Gasteiger partial charge on any atom is 0.303 e. The molecule has 48 heavy (non-hydrogen) atoms. The molecule has 0 spiro atoms. The Labute approximate surface area is 277 Å². The first-order valence-corrected chi connectivity index (χ1v) is 16.0. The summed E-state index contributed by atoms with van der Waals surface area (Å²) in [6.07, 6.45) is 8.32. The number of hydrogen-bond acceptors (Lipinski definition) is 7. The second-order valence-corrected chi connectivity index (χ2v) is 12.6. The number of carbonyl (C=O) groups is 4. The summed E-state index contributed by atoms with van der Waals surface area (Å²) >= 11 is 0. The number of aliphatic imine (C=N–C) groups is 2. The SMILES string of the molecule is CC1=C(CCC(=O)O)C2=NC1=CC1=C(CCC(=O)O)C(C)C(C=C3N=C(C=c4[nH]c(c(C)c4CCC(=O)O)=C2)C(CCC(=O)O)=C3C)N1. The molecule has 4 aliphatic heterocycles. The van der Waals surface area contributed by atoms with Gasteiger partial charge >= 0.3 is 23.9 Å². The lowest BCUT2D eigenvalue weighted by molar-refractivity contribution is -0.138. The van der Waals surface area contributed by atoms with Gasteiger partial charge in [-0.05, 0) is 110 Å². The third-order valence-corrected chi connectivity index (χ3v) is 9.54. The second kappa shape index (κ2) is 13.8. The Balaban J connectivity index is 1.79. The smallest absolute Gasteiger partial charge is 0.303 e. The van der Waals surface area contributed by atoms with E-state index in [1.165, 1.54) is 0 Å². The number of hydrogen-bond donors (Lipinski definition) is 6. The standard InChI is InChI=1S/C36H40N4O8/c1-17-21(5-9-33(41)42)29-14-27-19(3)22(6-10-34(43)44)30(39-27)15-28-20(4)24(8-12-36(47)48)32(40-28)16-31-23(7-11-35(45)46)18(2)26(38-31)13-25(17)37-29/h13-17,25,37,40H,5-12H2,1-4H3,(H,41,42)(H,43,44)(H,45,46)(H,47,48). The highest BCUT2D eigenvalue weighted by Crippen LogP contribution is 2.37. The fourth-order valence-corrected chi connectivity index (χ4v) is 6.76. The average molecular weight is 657 g/mol. The van der Waals surface area contributed by atoms with Crippen LogP contribution in [0.2, 0.25) is 0 Å². The molecular formula is C36H40N4O8. The quantitative estimate of drug-likeness (QED) is 0.194. The molecule has 8 bridgehead atoms. The van der Waals surface area contributed by atoms with Crippen LogP contribution in [0, 0.1) is 12.8 Å². The van der Waals surface area contributed by atoms with E-state index in [-0.39, 0.29) is 56.9 Å². The predicted octanol–water partition coefficient (Wildman–Crippen LogP) is 3.68. The number of rotatable bonds is 12. The molecule has 5 rings (SSSR count). The molecule has 0 aromatic carbocycles. The number of nitrogens with zero attached hydrogens (tertiary/aromatic N) is 2. The number of carboxylic acid groups (broad SMARTS) is 4. The highest BCUT2D eigenvalue weighted by Gasteiger charge is 2.32. The molecule has 1 aromatic rings. The molecule has 4 aliphatic rings. The topological polar surface area (TPSA) is 202 Å². The number of allylic oxidation sites excluding steroid dienone is 5. The van der Waals surface area contributed by atoms with Crippen LogP contribution in [0.25, 0.3) is 12.2 Å². The van der Waals surface area contributed by atoms with Gasteiger partial charge in [-0.15, -0.1) is 0 Å². The lowest BCUT2D eigenvalue weighted by Gasteiger charge is -2.16. The normalized spacial score (nSPS) is 20.1. The largest absolute Gasteiger partial charge is 0.481 e. The van der Waals surface area contributed by atoms with Gasteiger partial charge in [0.15, 0.2) is 0 Å². The van der Waals surface area contributed by atoms with E-state index in [9.17, 15) is 39.6 Å². The number of nitrogens with one attached hydrogen (secondary N) is 2. The third kappa shape index (κ3) is 7.17. The van der Waals surface area contributed by atoms with Gasteiger partial charge in [0.1, 0.15) is 0 Å². The van der Waals surface area contributed by atoms with E-state index < -0.39 is 23.9 Å². The Kier molecular flexibility index (Phi) is 9.83. The summed E-state index contributed by atoms with van der Waals surface area (Å²) in [5.74, 6) is -3.82. The first kappa shape index (κ1) is 34.1. The Hall–Kier alpha value is -5.26. The Morgan fingerprint density at radius 2 is 1.19 bits per heavy atom. The van der Waals surface area contributed by atoms with Crippen LogP contribution in [0.3, 0.4) is 0 Å². The van der Waals surface area contributed by atoms with Crippen LogP contribution in [0.15, 0.2) is 67.1 Å². The van der Waals surface area contributed by atoms with E-state index in [2.05, 4.69) is 10.3 Å². The predicted molar refractivity (Wildman–Crippen MR) is 180 cm³/mol. The van der Waals surface area contributed by atoms with Crippen molar-refractivity contribution in [2.45, 2.75) is 85.1 Å². The van der Waals surface area contributed by atoms with Gasteiger partial charge in [-0.25, -0.2) is 9.98 Å². The molecule has 0 saturated heterocycles. The third-order valence-electron chi connectivity index (χ3n) is 9.54. The van der Waals surface area contributed by atoms with Crippen molar-refractivity contribution in [2.75, 3.05) is 0 Å². The monoisotopic (exact) mass is 656 g/mol. The van der Waals surface area contributed by atoms with Crippen molar-refractivity contribution in [3.05, 3.63) is 78.9 Å². The summed E-state index contributed by atoms with van der Waals surface area (Å²) < 4.78 is 0. The molecule has 0 fully saturated rings. The van der Waals surface area contributed by atoms with Gasteiger partial charge in [-0.1, -0.05) is 6.92 Å². The summed E-state index contributed by atoms with van der Waals surface area (Å²) in [4.78, 5) is 59.8. The van der Waals surface area contributed by atoms with Crippen molar-refractivity contribution >= 4 is 47.5 Å². The summed E-state index contributed by atoms with van der Waals surface area (Å²) in [5, 5.41) is 42.9. The molecule has 0 radical (unpaired) electrons. The van der Waals surface area contributed by atoms with Gasteiger partial charge in [0.2, 0.25) is 0 Å². The Morgan fingerprint density at radius 3 is 1.77 bits per heavy atom. The van der Waals surface area contributed by atoms with Crippen LogP contribution in [0.5, 0.6) is 0 Å². The van der Waals surface area contributed by atoms with E-state index in [0.717, 1.165) is 44.7 Å². The molecule has 12 nitrogen and oxygen atoms in total. The lowest BCUT2D eigenvalue weighted by atomic mass is 9.91. The fraction of sp³-hybridized carbons (Fsp3) is 0.389. The van der Waals surface area contributed by atoms with Gasteiger partial charge in [-0.3, -0.25) is 19.2 Å². The van der Waals surface area contributed by atoms with Crippen molar-refractivity contribution in [1.29, 1.82) is 0 Å². The van der Waals surface area contributed by atoms with E-state index in [0.29, 0.717) is 39.9 Å². The van der Waals surface area contributed by atoms with Crippen molar-refractivity contribution in [3.8, 4) is 0 Å². The second-order valence-electron chi connectivity index (χ2n) is 12.6. The molecule has 252 valence electrons. The number of aliphatic carboxylic acids is 4. The van der Waals surface area contributed by atoms with Crippen LogP contribution >= 0.6 is 0 Å². The maximum atomic E-state index is 11.6. The van der Waals surface area contributed by atoms with E-state index >= 15 is 0 Å². The molecule has 2 atom stereocenters. The minimum Gasteiger partial charge on any atom is -0.481 e. The molecule has 2 unspecified atom stereocenters. The fourth-order valence-electron chi connectivity index (χ4n) is 6.76. The van der Waals surface area contributed by atoms with Crippen LogP contribution in [-0.2, 0) is 25.6 Å². The highest BCUT2D eigenvalue weighted by atomic mass is 16.4. The number of fused-ring (bicyclic) bond motifs is 6. The maximum absolute atomic E-state index is 11.6. The van der Waals surface area contributed by atoms with Crippen LogP contribution in [0.1, 0.15) is 76.8 Å². The molecule has 0 saturated carbocycles. The van der Waals surface area contributed by atoms with E-state index in [1.807, 2.05) is 52.0 Å². The number of carboxylic acids is 4. The Bertz CT molecular complexity index is 1960. The minimum atomic E-state index is -0.940. The zero-order valence-electron chi connectivity index (χ0n) is 27.4.